The lowest BCUT2D eigenvalue weighted by molar-refractivity contribution is 0.102. The lowest BCUT2D eigenvalue weighted by Gasteiger charge is -2.31. The first kappa shape index (κ1) is 19.5. The van der Waals surface area contributed by atoms with Gasteiger partial charge in [0, 0.05) is 23.4 Å². The Hall–Kier alpha value is -2.86. The van der Waals surface area contributed by atoms with Crippen LogP contribution >= 0.6 is 11.8 Å². The van der Waals surface area contributed by atoms with Gasteiger partial charge in [0.05, 0.1) is 18.0 Å². The summed E-state index contributed by atoms with van der Waals surface area (Å²) in [6, 6.07) is 17.6. The van der Waals surface area contributed by atoms with Crippen LogP contribution in [0.1, 0.15) is 33.6 Å². The molecule has 0 aliphatic carbocycles. The number of Topliss-reactive ketones (excluding diaryl/α,β-unsaturated/α-hetero) is 1. The Kier molecular flexibility index (Phi) is 5.81. The molecular formula is C23H23N3O2S. The van der Waals surface area contributed by atoms with Crippen molar-refractivity contribution in [1.29, 1.82) is 0 Å². The van der Waals surface area contributed by atoms with Crippen LogP contribution < -0.4 is 10.5 Å². The molecule has 1 aliphatic rings. The fourth-order valence-corrected chi connectivity index (χ4v) is 4.35. The Morgan fingerprint density at radius 2 is 1.90 bits per heavy atom. The number of aromatic amines is 1. The Morgan fingerprint density at radius 3 is 2.72 bits per heavy atom. The lowest BCUT2D eigenvalue weighted by atomic mass is 10.0. The second-order valence-corrected chi connectivity index (χ2v) is 8.14. The maximum absolute atomic E-state index is 12.5. The Morgan fingerprint density at radius 1 is 1.14 bits per heavy atom. The van der Waals surface area contributed by atoms with Crippen LogP contribution in [0, 0.1) is 6.92 Å². The number of thioether (sulfide) groups is 1. The van der Waals surface area contributed by atoms with Crippen molar-refractivity contribution in [2.45, 2.75) is 31.5 Å². The number of nitrogens with one attached hydrogen (secondary N) is 1. The van der Waals surface area contributed by atoms with Gasteiger partial charge in [-0.15, -0.1) is 0 Å². The summed E-state index contributed by atoms with van der Waals surface area (Å²) in [7, 11) is 0. The fourth-order valence-electron chi connectivity index (χ4n) is 3.58. The highest BCUT2D eigenvalue weighted by molar-refractivity contribution is 7.99. The highest BCUT2D eigenvalue weighted by Crippen LogP contribution is 2.28. The zero-order valence-corrected chi connectivity index (χ0v) is 17.2. The first-order valence-electron chi connectivity index (χ1n) is 9.75. The van der Waals surface area contributed by atoms with Crippen molar-refractivity contribution >= 4 is 23.2 Å². The minimum Gasteiger partial charge on any atom is -0.365 e. The SMILES string of the molecule is Cc1c(CN2CCCc3ccccc32)nc(SCC(=O)c2ccccc2)[nH]c1=O. The zero-order chi connectivity index (χ0) is 20.2. The van der Waals surface area contributed by atoms with Crippen molar-refractivity contribution in [1.82, 2.24) is 9.97 Å². The van der Waals surface area contributed by atoms with Gasteiger partial charge in [-0.2, -0.15) is 0 Å². The molecule has 1 aliphatic heterocycles. The zero-order valence-electron chi connectivity index (χ0n) is 16.4. The van der Waals surface area contributed by atoms with Crippen LogP contribution in [0.25, 0.3) is 0 Å². The molecule has 2 aromatic carbocycles. The van der Waals surface area contributed by atoms with Gasteiger partial charge in [-0.25, -0.2) is 4.98 Å². The van der Waals surface area contributed by atoms with Crippen molar-refractivity contribution in [2.75, 3.05) is 17.2 Å². The molecule has 6 heteroatoms. The van der Waals surface area contributed by atoms with Gasteiger partial charge in [0.1, 0.15) is 0 Å². The predicted molar refractivity (Wildman–Crippen MR) is 117 cm³/mol. The summed E-state index contributed by atoms with van der Waals surface area (Å²) in [6.07, 6.45) is 2.17. The van der Waals surface area contributed by atoms with Crippen molar-refractivity contribution in [3.05, 3.63) is 87.3 Å². The number of H-pyrrole nitrogens is 1. The van der Waals surface area contributed by atoms with Crippen molar-refractivity contribution in [2.24, 2.45) is 0 Å². The largest absolute Gasteiger partial charge is 0.365 e. The maximum atomic E-state index is 12.5. The van der Waals surface area contributed by atoms with Gasteiger partial charge in [-0.3, -0.25) is 9.59 Å². The smallest absolute Gasteiger partial charge is 0.254 e. The molecule has 1 N–H and O–H groups in total. The predicted octanol–water partition coefficient (Wildman–Crippen LogP) is 4.01. The third kappa shape index (κ3) is 4.43. The number of hydrogen-bond donors (Lipinski definition) is 1. The van der Waals surface area contributed by atoms with Crippen molar-refractivity contribution < 1.29 is 4.79 Å². The van der Waals surface area contributed by atoms with Gasteiger partial charge < -0.3 is 9.88 Å². The Bertz CT molecular complexity index is 1080. The highest BCUT2D eigenvalue weighted by Gasteiger charge is 2.19. The van der Waals surface area contributed by atoms with E-state index in [1.165, 1.54) is 23.0 Å². The summed E-state index contributed by atoms with van der Waals surface area (Å²) >= 11 is 1.27. The Labute approximate surface area is 174 Å². The molecule has 0 unspecified atom stereocenters. The lowest BCUT2D eigenvalue weighted by Crippen LogP contribution is -2.31. The van der Waals surface area contributed by atoms with Gasteiger partial charge in [0.2, 0.25) is 0 Å². The van der Waals surface area contributed by atoms with Gasteiger partial charge in [0.15, 0.2) is 10.9 Å². The van der Waals surface area contributed by atoms with Gasteiger partial charge >= 0.3 is 0 Å². The van der Waals surface area contributed by atoms with Crippen LogP contribution in [-0.4, -0.2) is 28.0 Å². The molecule has 0 spiro atoms. The number of rotatable bonds is 6. The molecule has 2 heterocycles. The number of hydrogen-bond acceptors (Lipinski definition) is 5. The number of fused-ring (bicyclic) bond motifs is 1. The number of carbonyl (C=O) groups is 1. The number of aryl methyl sites for hydroxylation is 1. The van der Waals surface area contributed by atoms with Crippen LogP contribution in [-0.2, 0) is 13.0 Å². The normalized spacial score (nSPS) is 13.2. The second kappa shape index (κ2) is 8.66. The molecule has 3 aromatic rings. The molecule has 0 fully saturated rings. The minimum atomic E-state index is -0.144. The molecule has 0 saturated heterocycles. The summed E-state index contributed by atoms with van der Waals surface area (Å²) in [5.41, 5.74) is 4.47. The van der Waals surface area contributed by atoms with Crippen molar-refractivity contribution in [3.63, 3.8) is 0 Å². The number of para-hydroxylation sites is 1. The third-order valence-electron chi connectivity index (χ3n) is 5.21. The van der Waals surface area contributed by atoms with Gasteiger partial charge in [-0.05, 0) is 31.4 Å². The minimum absolute atomic E-state index is 0.0188. The van der Waals surface area contributed by atoms with E-state index in [9.17, 15) is 9.59 Å². The van der Waals surface area contributed by atoms with Gasteiger partial charge in [0.25, 0.3) is 5.56 Å². The van der Waals surface area contributed by atoms with E-state index < -0.39 is 0 Å². The number of aromatic nitrogens is 2. The van der Waals surface area contributed by atoms with Crippen LogP contribution in [0.4, 0.5) is 5.69 Å². The fraction of sp³-hybridized carbons (Fsp3) is 0.261. The number of carbonyl (C=O) groups excluding carboxylic acids is 1. The Balaban J connectivity index is 1.52. The van der Waals surface area contributed by atoms with Crippen LogP contribution in [0.2, 0.25) is 0 Å². The second-order valence-electron chi connectivity index (χ2n) is 7.17. The number of anilines is 1. The monoisotopic (exact) mass is 405 g/mol. The quantitative estimate of drug-likeness (QED) is 0.381. The standard InChI is InChI=1S/C23H23N3O2S/c1-16-19(14-26-13-7-11-17-8-5-6-12-20(17)26)24-23(25-22(16)28)29-15-21(27)18-9-3-2-4-10-18/h2-6,8-10,12H,7,11,13-15H2,1H3,(H,24,25,28). The number of ketones is 1. The van der Waals surface area contributed by atoms with E-state index in [0.29, 0.717) is 22.8 Å². The summed E-state index contributed by atoms with van der Waals surface area (Å²) in [4.78, 5) is 34.6. The number of nitrogens with zero attached hydrogens (tertiary/aromatic N) is 2. The summed E-state index contributed by atoms with van der Waals surface area (Å²) in [5, 5.41) is 0.491. The molecular weight excluding hydrogens is 382 g/mol. The van der Waals surface area contributed by atoms with E-state index in [2.05, 4.69) is 33.1 Å². The van der Waals surface area contributed by atoms with E-state index in [4.69, 9.17) is 0 Å². The third-order valence-corrected chi connectivity index (χ3v) is 6.09. The molecule has 0 saturated carbocycles. The number of benzene rings is 2. The van der Waals surface area contributed by atoms with E-state index in [0.717, 1.165) is 25.1 Å². The van der Waals surface area contributed by atoms with E-state index >= 15 is 0 Å². The highest BCUT2D eigenvalue weighted by atomic mass is 32.2. The van der Waals surface area contributed by atoms with Crippen LogP contribution in [0.15, 0.2) is 64.5 Å². The van der Waals surface area contributed by atoms with Crippen LogP contribution in [0.5, 0.6) is 0 Å². The summed E-state index contributed by atoms with van der Waals surface area (Å²) in [6.45, 7) is 3.34. The van der Waals surface area contributed by atoms with E-state index in [1.54, 1.807) is 19.1 Å². The molecule has 0 bridgehead atoms. The van der Waals surface area contributed by atoms with Crippen LogP contribution in [0.3, 0.4) is 0 Å². The first-order chi connectivity index (χ1) is 14.1. The molecule has 1 aromatic heterocycles. The molecule has 0 radical (unpaired) electrons. The summed E-state index contributed by atoms with van der Waals surface area (Å²) in [5.74, 6) is 0.257. The van der Waals surface area contributed by atoms with Gasteiger partial charge in [-0.1, -0.05) is 60.3 Å². The van der Waals surface area contributed by atoms with Crippen molar-refractivity contribution in [3.8, 4) is 0 Å². The average Bonchev–Trinajstić information content (AvgIpc) is 2.76. The summed E-state index contributed by atoms with van der Waals surface area (Å²) < 4.78 is 0. The molecule has 29 heavy (non-hydrogen) atoms. The molecule has 4 rings (SSSR count). The van der Waals surface area contributed by atoms with E-state index in [1.807, 2.05) is 24.3 Å². The molecule has 0 atom stereocenters. The molecule has 0 amide bonds. The molecule has 148 valence electrons. The van der Waals surface area contributed by atoms with E-state index in [-0.39, 0.29) is 17.1 Å². The average molecular weight is 406 g/mol. The maximum Gasteiger partial charge on any atom is 0.254 e. The first-order valence-corrected chi connectivity index (χ1v) is 10.7. The topological polar surface area (TPSA) is 66.1 Å². The molecule has 5 nitrogen and oxygen atoms in total.